The summed E-state index contributed by atoms with van der Waals surface area (Å²) in [5.74, 6) is 0.970. The van der Waals surface area contributed by atoms with Gasteiger partial charge in [0.1, 0.15) is 0 Å². The van der Waals surface area contributed by atoms with Crippen LogP contribution in [0.4, 0.5) is 4.39 Å². The number of rotatable bonds is 5. The van der Waals surface area contributed by atoms with Crippen molar-refractivity contribution < 1.29 is 4.39 Å². The topological polar surface area (TPSA) is 0 Å². The molecule has 62 valence electrons. The standard InChI is InChI=1S/C9H19F/c1-4-5-8(2)6-9(3)7-10/h8-9H,4-7H2,1-3H3. The van der Waals surface area contributed by atoms with Gasteiger partial charge in [0.05, 0.1) is 6.67 Å². The Bertz CT molecular complexity index is 71.1. The minimum absolute atomic E-state index is 0.159. The van der Waals surface area contributed by atoms with E-state index in [1.165, 1.54) is 12.8 Å². The predicted octanol–water partition coefficient (Wildman–Crippen LogP) is 3.42. The summed E-state index contributed by atoms with van der Waals surface area (Å²) < 4.78 is 12.0. The molecule has 10 heavy (non-hydrogen) atoms. The summed E-state index contributed by atoms with van der Waals surface area (Å²) in [4.78, 5) is 0. The van der Waals surface area contributed by atoms with Crippen LogP contribution in [0.2, 0.25) is 0 Å². The molecular weight excluding hydrogens is 127 g/mol. The molecule has 0 N–H and O–H groups in total. The number of halogens is 1. The van der Waals surface area contributed by atoms with Crippen LogP contribution in [0.15, 0.2) is 0 Å². The van der Waals surface area contributed by atoms with Gasteiger partial charge in [0.15, 0.2) is 0 Å². The van der Waals surface area contributed by atoms with Crippen molar-refractivity contribution in [2.24, 2.45) is 11.8 Å². The largest absolute Gasteiger partial charge is 0.251 e. The summed E-state index contributed by atoms with van der Waals surface area (Å²) >= 11 is 0. The van der Waals surface area contributed by atoms with Crippen molar-refractivity contribution in [1.29, 1.82) is 0 Å². The lowest BCUT2D eigenvalue weighted by atomic mass is 9.95. The van der Waals surface area contributed by atoms with Crippen LogP contribution in [-0.4, -0.2) is 6.67 Å². The average Bonchev–Trinajstić information content (AvgIpc) is 1.88. The van der Waals surface area contributed by atoms with E-state index in [9.17, 15) is 4.39 Å². The van der Waals surface area contributed by atoms with Crippen molar-refractivity contribution in [3.63, 3.8) is 0 Å². The van der Waals surface area contributed by atoms with Crippen LogP contribution >= 0.6 is 0 Å². The molecule has 0 aliphatic heterocycles. The lowest BCUT2D eigenvalue weighted by Gasteiger charge is -2.12. The second-order valence-electron chi connectivity index (χ2n) is 3.39. The molecule has 2 atom stereocenters. The van der Waals surface area contributed by atoms with E-state index in [2.05, 4.69) is 13.8 Å². The molecule has 0 aliphatic carbocycles. The van der Waals surface area contributed by atoms with Crippen molar-refractivity contribution in [1.82, 2.24) is 0 Å². The second-order valence-corrected chi connectivity index (χ2v) is 3.39. The van der Waals surface area contributed by atoms with E-state index in [1.54, 1.807) is 0 Å². The van der Waals surface area contributed by atoms with Crippen LogP contribution in [0, 0.1) is 11.8 Å². The molecular formula is C9H19F. The molecule has 0 aromatic carbocycles. The lowest BCUT2D eigenvalue weighted by Crippen LogP contribution is -2.04. The quantitative estimate of drug-likeness (QED) is 0.557. The third kappa shape index (κ3) is 4.78. The average molecular weight is 146 g/mol. The molecule has 0 bridgehead atoms. The molecule has 0 amide bonds. The third-order valence-corrected chi connectivity index (χ3v) is 1.85. The van der Waals surface area contributed by atoms with Crippen LogP contribution in [0.3, 0.4) is 0 Å². The van der Waals surface area contributed by atoms with E-state index in [1.807, 2.05) is 6.92 Å². The van der Waals surface area contributed by atoms with Crippen molar-refractivity contribution in [3.8, 4) is 0 Å². The van der Waals surface area contributed by atoms with Gasteiger partial charge in [0.25, 0.3) is 0 Å². The molecule has 2 unspecified atom stereocenters. The summed E-state index contributed by atoms with van der Waals surface area (Å²) in [7, 11) is 0. The third-order valence-electron chi connectivity index (χ3n) is 1.85. The summed E-state index contributed by atoms with van der Waals surface area (Å²) in [6, 6.07) is 0. The highest BCUT2D eigenvalue weighted by atomic mass is 19.1. The van der Waals surface area contributed by atoms with Crippen LogP contribution < -0.4 is 0 Å². The SMILES string of the molecule is CCCC(C)CC(C)CF. The maximum Gasteiger partial charge on any atom is 0.0920 e. The van der Waals surface area contributed by atoms with Crippen LogP contribution in [0.1, 0.15) is 40.0 Å². The van der Waals surface area contributed by atoms with Gasteiger partial charge in [-0.25, -0.2) is 0 Å². The predicted molar refractivity (Wildman–Crippen MR) is 43.8 cm³/mol. The summed E-state index contributed by atoms with van der Waals surface area (Å²) in [5.41, 5.74) is 0. The highest BCUT2D eigenvalue weighted by Crippen LogP contribution is 2.16. The molecule has 0 saturated carbocycles. The van der Waals surface area contributed by atoms with Gasteiger partial charge in [-0.3, -0.25) is 4.39 Å². The molecule has 0 rings (SSSR count). The van der Waals surface area contributed by atoms with Gasteiger partial charge in [-0.2, -0.15) is 0 Å². The van der Waals surface area contributed by atoms with Crippen molar-refractivity contribution >= 4 is 0 Å². The first-order valence-electron chi connectivity index (χ1n) is 4.26. The van der Waals surface area contributed by atoms with Gasteiger partial charge in [-0.15, -0.1) is 0 Å². The summed E-state index contributed by atoms with van der Waals surface area (Å²) in [6.07, 6.45) is 3.51. The Hall–Kier alpha value is -0.0700. The molecule has 0 aliphatic rings. The minimum Gasteiger partial charge on any atom is -0.251 e. The van der Waals surface area contributed by atoms with E-state index in [0.717, 1.165) is 6.42 Å². The summed E-state index contributed by atoms with van der Waals surface area (Å²) in [6.45, 7) is 6.20. The van der Waals surface area contributed by atoms with E-state index in [0.29, 0.717) is 5.92 Å². The highest BCUT2D eigenvalue weighted by molar-refractivity contribution is 4.57. The van der Waals surface area contributed by atoms with E-state index in [4.69, 9.17) is 0 Å². The Kier molecular flexibility index (Phi) is 5.66. The highest BCUT2D eigenvalue weighted by Gasteiger charge is 2.06. The van der Waals surface area contributed by atoms with Crippen LogP contribution in [-0.2, 0) is 0 Å². The Morgan fingerprint density at radius 3 is 2.20 bits per heavy atom. The first kappa shape index (κ1) is 9.93. The van der Waals surface area contributed by atoms with Crippen molar-refractivity contribution in [2.45, 2.75) is 40.0 Å². The van der Waals surface area contributed by atoms with E-state index < -0.39 is 0 Å². The summed E-state index contributed by atoms with van der Waals surface area (Å²) in [5, 5.41) is 0. The molecule has 0 radical (unpaired) electrons. The maximum atomic E-state index is 12.0. The van der Waals surface area contributed by atoms with Gasteiger partial charge in [-0.05, 0) is 18.3 Å². The van der Waals surface area contributed by atoms with Crippen LogP contribution in [0.5, 0.6) is 0 Å². The Labute approximate surface area is 63.8 Å². The second kappa shape index (κ2) is 5.70. The fourth-order valence-electron chi connectivity index (χ4n) is 1.36. The van der Waals surface area contributed by atoms with Gasteiger partial charge >= 0.3 is 0 Å². The molecule has 0 aromatic rings. The fraction of sp³-hybridized carbons (Fsp3) is 1.00. The first-order chi connectivity index (χ1) is 4.70. The zero-order valence-corrected chi connectivity index (χ0v) is 7.36. The van der Waals surface area contributed by atoms with Crippen molar-refractivity contribution in [2.75, 3.05) is 6.67 Å². The molecule has 0 aromatic heterocycles. The minimum atomic E-state index is -0.159. The first-order valence-corrected chi connectivity index (χ1v) is 4.26. The zero-order chi connectivity index (χ0) is 7.98. The zero-order valence-electron chi connectivity index (χ0n) is 7.36. The Balaban J connectivity index is 3.27. The lowest BCUT2D eigenvalue weighted by molar-refractivity contribution is 0.315. The van der Waals surface area contributed by atoms with Gasteiger partial charge in [-0.1, -0.05) is 33.6 Å². The van der Waals surface area contributed by atoms with Crippen molar-refractivity contribution in [3.05, 3.63) is 0 Å². The maximum absolute atomic E-state index is 12.0. The smallest absolute Gasteiger partial charge is 0.0920 e. The number of hydrogen-bond acceptors (Lipinski definition) is 0. The normalized spacial score (nSPS) is 16.8. The fourth-order valence-corrected chi connectivity index (χ4v) is 1.36. The number of hydrogen-bond donors (Lipinski definition) is 0. The Morgan fingerprint density at radius 1 is 1.20 bits per heavy atom. The van der Waals surface area contributed by atoms with E-state index >= 15 is 0 Å². The van der Waals surface area contributed by atoms with Gasteiger partial charge < -0.3 is 0 Å². The molecule has 1 heteroatoms. The molecule has 0 fully saturated rings. The van der Waals surface area contributed by atoms with E-state index in [-0.39, 0.29) is 12.6 Å². The monoisotopic (exact) mass is 146 g/mol. The Morgan fingerprint density at radius 2 is 1.80 bits per heavy atom. The molecule has 0 saturated heterocycles. The molecule has 0 spiro atoms. The van der Waals surface area contributed by atoms with Gasteiger partial charge in [0.2, 0.25) is 0 Å². The van der Waals surface area contributed by atoms with Gasteiger partial charge in [0, 0.05) is 0 Å². The van der Waals surface area contributed by atoms with Crippen LogP contribution in [0.25, 0.3) is 0 Å². The molecule has 0 nitrogen and oxygen atoms in total. The molecule has 0 heterocycles. The number of alkyl halides is 1.